The summed E-state index contributed by atoms with van der Waals surface area (Å²) in [5, 5.41) is 12.8. The van der Waals surface area contributed by atoms with Crippen molar-refractivity contribution in [2.24, 2.45) is 13.0 Å². The molecule has 0 aliphatic carbocycles. The maximum Gasteiger partial charge on any atom is 0.243 e. The summed E-state index contributed by atoms with van der Waals surface area (Å²) < 4.78 is 27.9. The zero-order chi connectivity index (χ0) is 13.6. The predicted molar refractivity (Wildman–Crippen MR) is 68.5 cm³/mol. The van der Waals surface area contributed by atoms with E-state index in [0.29, 0.717) is 13.0 Å². The largest absolute Gasteiger partial charge is 0.396 e. The Morgan fingerprint density at radius 3 is 2.72 bits per heavy atom. The number of rotatable bonds is 8. The highest BCUT2D eigenvalue weighted by Crippen LogP contribution is 2.12. The topological polar surface area (TPSA) is 84.2 Å². The van der Waals surface area contributed by atoms with Crippen LogP contribution < -0.4 is 4.72 Å². The Bertz CT molecular complexity index is 450. The standard InChI is InChI=1S/C11H21N3O3S/c1-3-4-10(5-6-15)7-13-18(16,17)11-8-12-14(2)9-11/h8-10,13,15H,3-7H2,1-2H3. The molecule has 0 fully saturated rings. The Morgan fingerprint density at radius 2 is 2.22 bits per heavy atom. The maximum atomic E-state index is 11.9. The van der Waals surface area contributed by atoms with Gasteiger partial charge in [0.05, 0.1) is 6.20 Å². The fraction of sp³-hybridized carbons (Fsp3) is 0.727. The van der Waals surface area contributed by atoms with E-state index in [1.54, 1.807) is 7.05 Å². The van der Waals surface area contributed by atoms with E-state index in [4.69, 9.17) is 5.11 Å². The van der Waals surface area contributed by atoms with Crippen LogP contribution in [0.4, 0.5) is 0 Å². The lowest BCUT2D eigenvalue weighted by molar-refractivity contribution is 0.251. The lowest BCUT2D eigenvalue weighted by Gasteiger charge is -2.15. The third kappa shape index (κ3) is 4.40. The fourth-order valence-electron chi connectivity index (χ4n) is 1.79. The minimum atomic E-state index is -3.49. The van der Waals surface area contributed by atoms with Crippen molar-refractivity contribution < 1.29 is 13.5 Å². The second kappa shape index (κ2) is 6.86. The molecule has 0 spiro atoms. The smallest absolute Gasteiger partial charge is 0.243 e. The first kappa shape index (κ1) is 15.1. The van der Waals surface area contributed by atoms with Gasteiger partial charge in [-0.05, 0) is 18.8 Å². The van der Waals surface area contributed by atoms with Gasteiger partial charge in [0, 0.05) is 26.4 Å². The Kier molecular flexibility index (Phi) is 5.77. The molecule has 7 heteroatoms. The van der Waals surface area contributed by atoms with Crippen LogP contribution in [0.1, 0.15) is 26.2 Å². The quantitative estimate of drug-likeness (QED) is 0.723. The summed E-state index contributed by atoms with van der Waals surface area (Å²) >= 11 is 0. The summed E-state index contributed by atoms with van der Waals surface area (Å²) in [7, 11) is -1.81. The summed E-state index contributed by atoms with van der Waals surface area (Å²) in [6.45, 7) is 2.48. The molecule has 0 amide bonds. The van der Waals surface area contributed by atoms with Gasteiger partial charge in [0.1, 0.15) is 4.90 Å². The number of aliphatic hydroxyl groups is 1. The molecule has 0 aliphatic heterocycles. The molecule has 2 N–H and O–H groups in total. The van der Waals surface area contributed by atoms with Crippen molar-refractivity contribution >= 4 is 10.0 Å². The van der Waals surface area contributed by atoms with Crippen LogP contribution in [0.2, 0.25) is 0 Å². The highest BCUT2D eigenvalue weighted by Gasteiger charge is 2.17. The summed E-state index contributed by atoms with van der Waals surface area (Å²) in [5.74, 6) is 0.173. The first-order chi connectivity index (χ1) is 8.49. The van der Waals surface area contributed by atoms with Crippen molar-refractivity contribution in [2.75, 3.05) is 13.2 Å². The van der Waals surface area contributed by atoms with E-state index < -0.39 is 10.0 Å². The first-order valence-electron chi connectivity index (χ1n) is 6.08. The van der Waals surface area contributed by atoms with Crippen LogP contribution in [0.3, 0.4) is 0 Å². The van der Waals surface area contributed by atoms with Gasteiger partial charge in [0.2, 0.25) is 10.0 Å². The monoisotopic (exact) mass is 275 g/mol. The predicted octanol–water partition coefficient (Wildman–Crippen LogP) is 0.497. The lowest BCUT2D eigenvalue weighted by Crippen LogP contribution is -2.29. The Labute approximate surface area is 108 Å². The van der Waals surface area contributed by atoms with Gasteiger partial charge in [-0.15, -0.1) is 0 Å². The lowest BCUT2D eigenvalue weighted by atomic mass is 10.0. The highest BCUT2D eigenvalue weighted by atomic mass is 32.2. The van der Waals surface area contributed by atoms with E-state index in [0.717, 1.165) is 12.8 Å². The summed E-state index contributed by atoms with van der Waals surface area (Å²) in [5.41, 5.74) is 0. The Balaban J connectivity index is 2.60. The van der Waals surface area contributed by atoms with Crippen LogP contribution >= 0.6 is 0 Å². The SMILES string of the molecule is CCCC(CCO)CNS(=O)(=O)c1cnn(C)c1. The number of sulfonamides is 1. The van der Waals surface area contributed by atoms with Crippen molar-refractivity contribution in [3.8, 4) is 0 Å². The van der Waals surface area contributed by atoms with Crippen LogP contribution in [0.25, 0.3) is 0 Å². The number of hydrogen-bond acceptors (Lipinski definition) is 4. The molecule has 0 aromatic carbocycles. The second-order valence-corrected chi connectivity index (χ2v) is 6.14. The number of nitrogens with zero attached hydrogens (tertiary/aromatic N) is 2. The van der Waals surface area contributed by atoms with Crippen LogP contribution in [-0.4, -0.2) is 36.5 Å². The van der Waals surface area contributed by atoms with Crippen molar-refractivity contribution in [1.29, 1.82) is 0 Å². The maximum absolute atomic E-state index is 11.9. The van der Waals surface area contributed by atoms with Gasteiger partial charge < -0.3 is 5.11 Å². The average Bonchev–Trinajstić information content (AvgIpc) is 2.74. The van der Waals surface area contributed by atoms with Crippen molar-refractivity contribution in [3.63, 3.8) is 0 Å². The molecule has 1 unspecified atom stereocenters. The number of nitrogens with one attached hydrogen (secondary N) is 1. The van der Waals surface area contributed by atoms with E-state index in [9.17, 15) is 8.42 Å². The number of aliphatic hydroxyl groups excluding tert-OH is 1. The number of aryl methyl sites for hydroxylation is 1. The Hall–Kier alpha value is -0.920. The van der Waals surface area contributed by atoms with Crippen molar-refractivity contribution in [2.45, 2.75) is 31.1 Å². The van der Waals surface area contributed by atoms with E-state index >= 15 is 0 Å². The first-order valence-corrected chi connectivity index (χ1v) is 7.57. The van der Waals surface area contributed by atoms with Gasteiger partial charge in [-0.3, -0.25) is 4.68 Å². The molecule has 0 aliphatic rings. The van der Waals surface area contributed by atoms with E-state index in [2.05, 4.69) is 9.82 Å². The van der Waals surface area contributed by atoms with Gasteiger partial charge in [0.15, 0.2) is 0 Å². The number of aromatic nitrogens is 2. The van der Waals surface area contributed by atoms with Crippen LogP contribution in [0.15, 0.2) is 17.3 Å². The van der Waals surface area contributed by atoms with E-state index in [1.165, 1.54) is 17.1 Å². The molecule has 18 heavy (non-hydrogen) atoms. The molecule has 0 bridgehead atoms. The average molecular weight is 275 g/mol. The molecule has 0 saturated carbocycles. The summed E-state index contributed by atoms with van der Waals surface area (Å²) in [6, 6.07) is 0. The molecule has 1 aromatic heterocycles. The zero-order valence-corrected chi connectivity index (χ0v) is 11.7. The van der Waals surface area contributed by atoms with Crippen molar-refractivity contribution in [1.82, 2.24) is 14.5 Å². The summed E-state index contributed by atoms with van der Waals surface area (Å²) in [4.78, 5) is 0.171. The third-order valence-electron chi connectivity index (χ3n) is 2.79. The third-order valence-corrected chi connectivity index (χ3v) is 4.17. The Morgan fingerprint density at radius 1 is 1.50 bits per heavy atom. The minimum absolute atomic E-state index is 0.0826. The van der Waals surface area contributed by atoms with Crippen LogP contribution in [-0.2, 0) is 17.1 Å². The zero-order valence-electron chi connectivity index (χ0n) is 10.8. The van der Waals surface area contributed by atoms with E-state index in [1.807, 2.05) is 6.92 Å². The summed E-state index contributed by atoms with van der Waals surface area (Å²) in [6.07, 6.45) is 5.27. The minimum Gasteiger partial charge on any atom is -0.396 e. The molecule has 1 rings (SSSR count). The van der Waals surface area contributed by atoms with Crippen LogP contribution in [0, 0.1) is 5.92 Å². The van der Waals surface area contributed by atoms with Gasteiger partial charge in [-0.2, -0.15) is 5.10 Å². The molecule has 1 atom stereocenters. The van der Waals surface area contributed by atoms with Gasteiger partial charge in [0.25, 0.3) is 0 Å². The van der Waals surface area contributed by atoms with E-state index in [-0.39, 0.29) is 17.4 Å². The molecular weight excluding hydrogens is 254 g/mol. The normalized spacial score (nSPS) is 13.7. The molecule has 0 radical (unpaired) electrons. The molecule has 0 saturated heterocycles. The van der Waals surface area contributed by atoms with Crippen molar-refractivity contribution in [3.05, 3.63) is 12.4 Å². The molecule has 1 heterocycles. The second-order valence-electron chi connectivity index (χ2n) is 4.37. The molecule has 6 nitrogen and oxygen atoms in total. The molecule has 104 valence electrons. The van der Waals surface area contributed by atoms with Gasteiger partial charge in [-0.1, -0.05) is 13.3 Å². The molecule has 1 aromatic rings. The highest BCUT2D eigenvalue weighted by molar-refractivity contribution is 7.89. The fourth-order valence-corrected chi connectivity index (χ4v) is 2.89. The number of hydrogen-bond donors (Lipinski definition) is 2. The van der Waals surface area contributed by atoms with Gasteiger partial charge in [-0.25, -0.2) is 13.1 Å². The molecular formula is C11H21N3O3S. The van der Waals surface area contributed by atoms with Crippen LogP contribution in [0.5, 0.6) is 0 Å². The van der Waals surface area contributed by atoms with Gasteiger partial charge >= 0.3 is 0 Å².